The monoisotopic (exact) mass is 279 g/mol. The Morgan fingerprint density at radius 1 is 1.35 bits per heavy atom. The number of hydrogen-bond acceptors (Lipinski definition) is 3. The predicted molar refractivity (Wildman–Crippen MR) is 66.5 cm³/mol. The van der Waals surface area contributed by atoms with Crippen molar-refractivity contribution >= 4 is 11.9 Å². The summed E-state index contributed by atoms with van der Waals surface area (Å²) in [5.74, 6) is -2.19. The molecule has 0 bridgehead atoms. The molecule has 1 saturated carbocycles. The number of halogens is 1. The summed E-state index contributed by atoms with van der Waals surface area (Å²) >= 11 is 0. The van der Waals surface area contributed by atoms with Crippen LogP contribution in [-0.2, 0) is 16.1 Å². The maximum Gasteiger partial charge on any atom is 0.307 e. The lowest BCUT2D eigenvalue weighted by atomic mass is 10.1. The van der Waals surface area contributed by atoms with Crippen molar-refractivity contribution in [1.29, 1.82) is 0 Å². The van der Waals surface area contributed by atoms with Gasteiger partial charge in [-0.1, -0.05) is 6.07 Å². The van der Waals surface area contributed by atoms with Crippen molar-refractivity contribution in [2.75, 3.05) is 13.2 Å². The summed E-state index contributed by atoms with van der Waals surface area (Å²) in [5, 5.41) is 8.87. The Kier molecular flexibility index (Phi) is 3.08. The molecule has 2 atom stereocenters. The summed E-state index contributed by atoms with van der Waals surface area (Å²) in [6, 6.07) is 4.56. The number of hydrogen-bond donors (Lipinski definition) is 1. The fraction of sp³-hybridized carbons (Fsp3) is 0.429. The van der Waals surface area contributed by atoms with Gasteiger partial charge in [0.15, 0.2) is 0 Å². The van der Waals surface area contributed by atoms with E-state index in [4.69, 9.17) is 9.84 Å². The van der Waals surface area contributed by atoms with Crippen LogP contribution in [0.2, 0.25) is 0 Å². The van der Waals surface area contributed by atoms with Crippen molar-refractivity contribution in [3.63, 3.8) is 0 Å². The Balaban J connectivity index is 1.78. The normalized spacial score (nSPS) is 24.4. The van der Waals surface area contributed by atoms with Gasteiger partial charge in [0, 0.05) is 5.56 Å². The van der Waals surface area contributed by atoms with Crippen LogP contribution in [-0.4, -0.2) is 35.0 Å². The lowest BCUT2D eigenvalue weighted by Gasteiger charge is -2.20. The number of carboxylic acids is 1. The number of rotatable bonds is 2. The van der Waals surface area contributed by atoms with E-state index in [1.807, 2.05) is 0 Å². The molecule has 2 aliphatic rings. The van der Waals surface area contributed by atoms with Crippen LogP contribution in [0.4, 0.5) is 4.39 Å². The summed E-state index contributed by atoms with van der Waals surface area (Å²) in [7, 11) is 0. The molecule has 2 unspecified atom stereocenters. The summed E-state index contributed by atoms with van der Waals surface area (Å²) < 4.78 is 19.2. The molecule has 20 heavy (non-hydrogen) atoms. The fourth-order valence-electron chi connectivity index (χ4n) is 2.53. The first-order chi connectivity index (χ1) is 9.58. The molecule has 1 aliphatic carbocycles. The van der Waals surface area contributed by atoms with Crippen molar-refractivity contribution in [2.24, 2.45) is 11.8 Å². The highest BCUT2D eigenvalue weighted by Gasteiger charge is 2.50. The number of carboxylic acid groups (broad SMARTS) is 1. The average Bonchev–Trinajstić information content (AvgIpc) is 3.21. The van der Waals surface area contributed by atoms with Crippen molar-refractivity contribution < 1.29 is 23.8 Å². The Labute approximate surface area is 114 Å². The first-order valence-corrected chi connectivity index (χ1v) is 6.49. The number of carbonyl (C=O) groups is 2. The van der Waals surface area contributed by atoms with Crippen molar-refractivity contribution in [3.8, 4) is 5.75 Å². The predicted octanol–water partition coefficient (Wildman–Crippen LogP) is 1.27. The number of ether oxygens (including phenoxy) is 1. The molecule has 1 aromatic rings. The van der Waals surface area contributed by atoms with Crippen molar-refractivity contribution in [1.82, 2.24) is 4.90 Å². The molecule has 0 saturated heterocycles. The fourth-order valence-corrected chi connectivity index (χ4v) is 2.53. The summed E-state index contributed by atoms with van der Waals surface area (Å²) in [6.07, 6.45) is 0.371. The molecule has 1 aliphatic heterocycles. The van der Waals surface area contributed by atoms with Gasteiger partial charge >= 0.3 is 5.97 Å². The van der Waals surface area contributed by atoms with Gasteiger partial charge in [0.1, 0.15) is 18.2 Å². The van der Waals surface area contributed by atoms with Gasteiger partial charge in [-0.25, -0.2) is 4.39 Å². The third-order valence-electron chi connectivity index (χ3n) is 3.78. The summed E-state index contributed by atoms with van der Waals surface area (Å²) in [5.41, 5.74) is 0.353. The van der Waals surface area contributed by atoms with E-state index in [1.165, 1.54) is 11.0 Å². The van der Waals surface area contributed by atoms with E-state index in [-0.39, 0.29) is 19.1 Å². The molecule has 106 valence electrons. The number of fused-ring (bicyclic) bond motifs is 1. The van der Waals surface area contributed by atoms with E-state index in [0.717, 1.165) is 0 Å². The topological polar surface area (TPSA) is 66.8 Å². The Hall–Kier alpha value is -2.11. The molecule has 6 heteroatoms. The Morgan fingerprint density at radius 2 is 2.15 bits per heavy atom. The molecule has 0 spiro atoms. The van der Waals surface area contributed by atoms with E-state index >= 15 is 0 Å². The lowest BCUT2D eigenvalue weighted by molar-refractivity contribution is -0.142. The quantitative estimate of drug-likeness (QED) is 0.885. The van der Waals surface area contributed by atoms with Crippen molar-refractivity contribution in [2.45, 2.75) is 13.0 Å². The van der Waals surface area contributed by atoms with Crippen LogP contribution in [0.1, 0.15) is 12.0 Å². The van der Waals surface area contributed by atoms with Gasteiger partial charge in [-0.15, -0.1) is 0 Å². The summed E-state index contributed by atoms with van der Waals surface area (Å²) in [4.78, 5) is 24.5. The molecule has 1 fully saturated rings. The highest BCUT2D eigenvalue weighted by molar-refractivity contribution is 5.89. The smallest absolute Gasteiger partial charge is 0.307 e. The van der Waals surface area contributed by atoms with Crippen molar-refractivity contribution in [3.05, 3.63) is 29.6 Å². The largest absolute Gasteiger partial charge is 0.491 e. The molecule has 0 radical (unpaired) electrons. The standard InChI is InChI=1S/C14H14FNO4/c15-11-2-1-3-12-10(11)7-16(4-5-20-12)13(17)8-6-9(8)14(18)19/h1-3,8-9H,4-7H2,(H,18,19). The van der Waals surface area contributed by atoms with E-state index < -0.39 is 23.6 Å². The average molecular weight is 279 g/mol. The zero-order valence-electron chi connectivity index (χ0n) is 10.7. The summed E-state index contributed by atoms with van der Waals surface area (Å²) in [6.45, 7) is 0.756. The molecule has 5 nitrogen and oxygen atoms in total. The maximum absolute atomic E-state index is 13.8. The van der Waals surface area contributed by atoms with Gasteiger partial charge in [-0.3, -0.25) is 9.59 Å². The number of carbonyl (C=O) groups excluding carboxylic acids is 1. The highest BCUT2D eigenvalue weighted by Crippen LogP contribution is 2.40. The minimum atomic E-state index is -0.944. The second-order valence-corrected chi connectivity index (χ2v) is 5.11. The third kappa shape index (κ3) is 2.21. The number of nitrogens with zero attached hydrogens (tertiary/aromatic N) is 1. The zero-order chi connectivity index (χ0) is 14.3. The molecular weight excluding hydrogens is 265 g/mol. The molecule has 1 heterocycles. The Morgan fingerprint density at radius 3 is 2.85 bits per heavy atom. The lowest BCUT2D eigenvalue weighted by Crippen LogP contribution is -2.34. The molecule has 3 rings (SSSR count). The van der Waals surface area contributed by atoms with Gasteiger partial charge in [0.05, 0.1) is 24.9 Å². The first kappa shape index (κ1) is 12.9. The van der Waals surface area contributed by atoms with E-state index in [0.29, 0.717) is 24.3 Å². The second-order valence-electron chi connectivity index (χ2n) is 5.11. The minimum Gasteiger partial charge on any atom is -0.491 e. The van der Waals surface area contributed by atoms with E-state index in [1.54, 1.807) is 12.1 Å². The minimum absolute atomic E-state index is 0.129. The van der Waals surface area contributed by atoms with Crippen LogP contribution in [0.25, 0.3) is 0 Å². The number of aliphatic carboxylic acids is 1. The molecule has 1 aromatic carbocycles. The SMILES string of the molecule is O=C(O)C1CC1C(=O)N1CCOc2cccc(F)c2C1. The number of amides is 1. The van der Waals surface area contributed by atoms with Gasteiger partial charge in [0.25, 0.3) is 0 Å². The van der Waals surface area contributed by atoms with Gasteiger partial charge in [-0.05, 0) is 18.6 Å². The number of benzene rings is 1. The van der Waals surface area contributed by atoms with Crippen LogP contribution in [0.3, 0.4) is 0 Å². The van der Waals surface area contributed by atoms with Crippen LogP contribution < -0.4 is 4.74 Å². The van der Waals surface area contributed by atoms with Crippen LogP contribution in [0.5, 0.6) is 5.75 Å². The van der Waals surface area contributed by atoms with Gasteiger partial charge < -0.3 is 14.7 Å². The van der Waals surface area contributed by atoms with Crippen LogP contribution >= 0.6 is 0 Å². The van der Waals surface area contributed by atoms with Gasteiger partial charge in [-0.2, -0.15) is 0 Å². The molecule has 1 N–H and O–H groups in total. The maximum atomic E-state index is 13.8. The highest BCUT2D eigenvalue weighted by atomic mass is 19.1. The first-order valence-electron chi connectivity index (χ1n) is 6.49. The Bertz CT molecular complexity index is 574. The second kappa shape index (κ2) is 4.77. The van der Waals surface area contributed by atoms with E-state index in [2.05, 4.69) is 0 Å². The van der Waals surface area contributed by atoms with Crippen LogP contribution in [0.15, 0.2) is 18.2 Å². The molecule has 1 amide bonds. The molecule has 0 aromatic heterocycles. The zero-order valence-corrected chi connectivity index (χ0v) is 10.7. The third-order valence-corrected chi connectivity index (χ3v) is 3.78. The molecular formula is C14H14FNO4. The van der Waals surface area contributed by atoms with Crippen LogP contribution in [0, 0.1) is 17.7 Å². The van der Waals surface area contributed by atoms with E-state index in [9.17, 15) is 14.0 Å². The van der Waals surface area contributed by atoms with Gasteiger partial charge in [0.2, 0.25) is 5.91 Å².